The molecule has 33 heavy (non-hydrogen) atoms. The van der Waals surface area contributed by atoms with Crippen LogP contribution in [0.1, 0.15) is 11.1 Å². The average molecular weight is 439 g/mol. The van der Waals surface area contributed by atoms with Crippen molar-refractivity contribution < 1.29 is 4.92 Å². The second-order valence-corrected chi connectivity index (χ2v) is 7.39. The Morgan fingerprint density at radius 3 is 1.88 bits per heavy atom. The molecule has 2 N–H and O–H groups in total. The summed E-state index contributed by atoms with van der Waals surface area (Å²) in [4.78, 5) is 19.5. The molecule has 0 fully saturated rings. The smallest absolute Gasteiger partial charge is 0.334 e. The molecule has 1 aromatic heterocycles. The molecule has 1 heterocycles. The number of anilines is 4. The summed E-state index contributed by atoms with van der Waals surface area (Å²) >= 11 is 0. The maximum atomic E-state index is 11.8. The Morgan fingerprint density at radius 1 is 0.758 bits per heavy atom. The lowest BCUT2D eigenvalue weighted by atomic mass is 10.1. The van der Waals surface area contributed by atoms with E-state index < -0.39 is 4.92 Å². The lowest BCUT2D eigenvalue weighted by Gasteiger charge is -2.11. The van der Waals surface area contributed by atoms with E-state index in [1.54, 1.807) is 24.3 Å². The van der Waals surface area contributed by atoms with E-state index in [1.165, 1.54) is 6.33 Å². The molecular weight excluding hydrogens is 418 g/mol. The third-order valence-electron chi connectivity index (χ3n) is 4.66. The van der Waals surface area contributed by atoms with E-state index in [0.29, 0.717) is 17.1 Å². The van der Waals surface area contributed by atoms with E-state index in [2.05, 4.69) is 30.8 Å². The van der Waals surface area contributed by atoms with Gasteiger partial charge in [-0.15, -0.1) is 0 Å². The average Bonchev–Trinajstić information content (AvgIpc) is 2.78. The predicted octanol–water partition coefficient (Wildman–Crippen LogP) is 6.90. The Labute approximate surface area is 190 Å². The van der Waals surface area contributed by atoms with Crippen molar-refractivity contribution in [1.29, 1.82) is 0 Å². The molecule has 0 unspecified atom stereocenters. The maximum absolute atomic E-state index is 11.8. The van der Waals surface area contributed by atoms with Crippen LogP contribution in [-0.4, -0.2) is 14.9 Å². The van der Waals surface area contributed by atoms with Crippen LogP contribution in [0.25, 0.3) is 0 Å². The van der Waals surface area contributed by atoms with E-state index in [9.17, 15) is 10.1 Å². The minimum absolute atomic E-state index is 0.0838. The highest BCUT2D eigenvalue weighted by Crippen LogP contribution is 2.33. The van der Waals surface area contributed by atoms with Crippen molar-refractivity contribution in [3.63, 3.8) is 0 Å². The van der Waals surface area contributed by atoms with Crippen LogP contribution in [0, 0.1) is 24.0 Å². The zero-order chi connectivity index (χ0) is 23.2. The van der Waals surface area contributed by atoms with Gasteiger partial charge in [-0.25, -0.2) is 9.97 Å². The van der Waals surface area contributed by atoms with Crippen LogP contribution >= 0.6 is 0 Å². The second-order valence-electron chi connectivity index (χ2n) is 7.39. The molecule has 0 spiro atoms. The number of rotatable bonds is 7. The normalized spacial score (nSPS) is 10.8. The fraction of sp³-hybridized carbons (Fsp3) is 0.0833. The fourth-order valence-corrected chi connectivity index (χ4v) is 3.28. The van der Waals surface area contributed by atoms with Gasteiger partial charge in [0.15, 0.2) is 0 Å². The van der Waals surface area contributed by atoms with Crippen molar-refractivity contribution in [2.24, 2.45) is 10.2 Å². The third-order valence-corrected chi connectivity index (χ3v) is 4.66. The molecule has 0 saturated carbocycles. The highest BCUT2D eigenvalue weighted by atomic mass is 16.6. The Bertz CT molecular complexity index is 1290. The summed E-state index contributed by atoms with van der Waals surface area (Å²) in [6.07, 6.45) is 1.28. The number of nitrogens with one attached hydrogen (secondary N) is 2. The van der Waals surface area contributed by atoms with Crippen molar-refractivity contribution in [1.82, 2.24) is 9.97 Å². The molecule has 0 aliphatic carbocycles. The maximum Gasteiger partial charge on any atom is 0.353 e. The first-order valence-electron chi connectivity index (χ1n) is 10.2. The van der Waals surface area contributed by atoms with Gasteiger partial charge in [0.05, 0.1) is 16.3 Å². The molecule has 4 rings (SSSR count). The standard InChI is InChI=1S/C24H21N7O2/c1-16-12-17(2)14-21(13-16)28-24-22(31(32)33)23(25-15-26-24)27-18-8-10-20(11-9-18)30-29-19-6-4-3-5-7-19/h3-15H,1-2H3,(H2,25,26,27,28). The number of hydrogen-bond acceptors (Lipinski definition) is 8. The first-order chi connectivity index (χ1) is 16.0. The number of aromatic nitrogens is 2. The molecule has 164 valence electrons. The van der Waals surface area contributed by atoms with Gasteiger partial charge in [0.1, 0.15) is 6.33 Å². The van der Waals surface area contributed by atoms with Crippen molar-refractivity contribution >= 4 is 40.1 Å². The van der Waals surface area contributed by atoms with Gasteiger partial charge in [0, 0.05) is 11.4 Å². The highest BCUT2D eigenvalue weighted by Gasteiger charge is 2.23. The molecule has 0 bridgehead atoms. The van der Waals surface area contributed by atoms with E-state index in [-0.39, 0.29) is 17.3 Å². The molecule has 0 atom stereocenters. The van der Waals surface area contributed by atoms with E-state index in [4.69, 9.17) is 0 Å². The van der Waals surface area contributed by atoms with Gasteiger partial charge in [-0.05, 0) is 73.5 Å². The molecular formula is C24H21N7O2. The van der Waals surface area contributed by atoms with Crippen LogP contribution in [0.5, 0.6) is 0 Å². The summed E-state index contributed by atoms with van der Waals surface area (Å²) in [6, 6.07) is 22.2. The van der Waals surface area contributed by atoms with Crippen molar-refractivity contribution in [2.75, 3.05) is 10.6 Å². The van der Waals surface area contributed by atoms with Crippen molar-refractivity contribution in [3.8, 4) is 0 Å². The number of aryl methyl sites for hydroxylation is 2. The molecule has 0 aliphatic heterocycles. The van der Waals surface area contributed by atoms with E-state index in [0.717, 1.165) is 16.8 Å². The van der Waals surface area contributed by atoms with Gasteiger partial charge in [-0.3, -0.25) is 10.1 Å². The summed E-state index contributed by atoms with van der Waals surface area (Å²) in [5.41, 5.74) is 4.57. The van der Waals surface area contributed by atoms with Gasteiger partial charge in [-0.1, -0.05) is 24.3 Å². The van der Waals surface area contributed by atoms with Gasteiger partial charge < -0.3 is 10.6 Å². The van der Waals surface area contributed by atoms with Crippen LogP contribution in [0.15, 0.2) is 89.4 Å². The molecule has 9 heteroatoms. The van der Waals surface area contributed by atoms with Crippen LogP contribution in [0.3, 0.4) is 0 Å². The Kier molecular flexibility index (Phi) is 6.31. The van der Waals surface area contributed by atoms with Crippen molar-refractivity contribution in [3.05, 3.63) is 100 Å². The molecule has 0 amide bonds. The SMILES string of the molecule is Cc1cc(C)cc(Nc2ncnc(Nc3ccc(N=Nc4ccccc4)cc3)c2[N+](=O)[O-])c1. The van der Waals surface area contributed by atoms with Crippen LogP contribution in [0.2, 0.25) is 0 Å². The molecule has 3 aromatic carbocycles. The Morgan fingerprint density at radius 2 is 1.30 bits per heavy atom. The second kappa shape index (κ2) is 9.65. The number of benzene rings is 3. The first kappa shape index (κ1) is 21.6. The molecule has 0 aliphatic rings. The fourth-order valence-electron chi connectivity index (χ4n) is 3.28. The topological polar surface area (TPSA) is 118 Å². The summed E-state index contributed by atoms with van der Waals surface area (Å²) in [6.45, 7) is 3.92. The van der Waals surface area contributed by atoms with Gasteiger partial charge >= 0.3 is 5.69 Å². The summed E-state index contributed by atoms with van der Waals surface area (Å²) in [7, 11) is 0. The number of nitro groups is 1. The largest absolute Gasteiger partial charge is 0.353 e. The van der Waals surface area contributed by atoms with Crippen molar-refractivity contribution in [2.45, 2.75) is 13.8 Å². The van der Waals surface area contributed by atoms with Crippen LogP contribution in [-0.2, 0) is 0 Å². The molecule has 0 radical (unpaired) electrons. The Balaban J connectivity index is 1.56. The summed E-state index contributed by atoms with van der Waals surface area (Å²) < 4.78 is 0. The van der Waals surface area contributed by atoms with E-state index in [1.807, 2.05) is 62.4 Å². The molecule has 4 aromatic rings. The lowest BCUT2D eigenvalue weighted by Crippen LogP contribution is -2.05. The zero-order valence-electron chi connectivity index (χ0n) is 18.1. The van der Waals surface area contributed by atoms with Crippen LogP contribution in [0.4, 0.5) is 40.1 Å². The quantitative estimate of drug-likeness (QED) is 0.184. The highest BCUT2D eigenvalue weighted by molar-refractivity contribution is 5.77. The summed E-state index contributed by atoms with van der Waals surface area (Å²) in [5, 5.41) is 26.3. The van der Waals surface area contributed by atoms with Gasteiger partial charge in [0.2, 0.25) is 11.6 Å². The Hall–Kier alpha value is -4.66. The molecule has 9 nitrogen and oxygen atoms in total. The van der Waals surface area contributed by atoms with Crippen LogP contribution < -0.4 is 10.6 Å². The monoisotopic (exact) mass is 439 g/mol. The minimum atomic E-state index is -0.504. The predicted molar refractivity (Wildman–Crippen MR) is 128 cm³/mol. The molecule has 0 saturated heterocycles. The number of nitrogens with zero attached hydrogens (tertiary/aromatic N) is 5. The first-order valence-corrected chi connectivity index (χ1v) is 10.2. The van der Waals surface area contributed by atoms with Gasteiger partial charge in [0.25, 0.3) is 0 Å². The number of hydrogen-bond donors (Lipinski definition) is 2. The zero-order valence-corrected chi connectivity index (χ0v) is 18.1. The van der Waals surface area contributed by atoms with E-state index >= 15 is 0 Å². The van der Waals surface area contributed by atoms with Gasteiger partial charge in [-0.2, -0.15) is 10.2 Å². The lowest BCUT2D eigenvalue weighted by molar-refractivity contribution is -0.383. The third kappa shape index (κ3) is 5.53. The number of azo groups is 1. The summed E-state index contributed by atoms with van der Waals surface area (Å²) in [5.74, 6) is 0.191. The minimum Gasteiger partial charge on any atom is -0.334 e.